The van der Waals surface area contributed by atoms with Crippen LogP contribution in [0.5, 0.6) is 5.75 Å². The number of carbonyl (C=O) groups excluding carboxylic acids is 1. The number of rotatable bonds is 3. The molecule has 0 spiro atoms. The Kier molecular flexibility index (Phi) is 4.43. The number of amides is 1. The van der Waals surface area contributed by atoms with Gasteiger partial charge in [-0.2, -0.15) is 0 Å². The van der Waals surface area contributed by atoms with E-state index in [1.807, 2.05) is 32.0 Å². The van der Waals surface area contributed by atoms with Crippen LogP contribution < -0.4 is 4.74 Å². The van der Waals surface area contributed by atoms with Gasteiger partial charge in [0.1, 0.15) is 5.75 Å². The maximum absolute atomic E-state index is 12.0. The lowest BCUT2D eigenvalue weighted by molar-refractivity contribution is -0.140. The zero-order valence-electron chi connectivity index (χ0n) is 11.8. The van der Waals surface area contributed by atoms with E-state index in [0.717, 1.165) is 5.75 Å². The van der Waals surface area contributed by atoms with Gasteiger partial charge in [0.15, 0.2) is 6.61 Å². The Morgan fingerprint density at radius 1 is 1.42 bits per heavy atom. The summed E-state index contributed by atoms with van der Waals surface area (Å²) in [6.45, 7) is 8.07. The summed E-state index contributed by atoms with van der Waals surface area (Å²) >= 11 is 0. The van der Waals surface area contributed by atoms with Crippen molar-refractivity contribution in [3.05, 3.63) is 29.3 Å². The monoisotopic (exact) mass is 263 g/mol. The molecular weight excluding hydrogens is 242 g/mol. The van der Waals surface area contributed by atoms with E-state index >= 15 is 0 Å². The van der Waals surface area contributed by atoms with Crippen LogP contribution in [0.1, 0.15) is 18.1 Å². The summed E-state index contributed by atoms with van der Waals surface area (Å²) < 4.78 is 11.0. The van der Waals surface area contributed by atoms with Crippen LogP contribution in [0.2, 0.25) is 0 Å². The molecule has 1 aromatic carbocycles. The zero-order valence-corrected chi connectivity index (χ0v) is 11.8. The van der Waals surface area contributed by atoms with Gasteiger partial charge in [0.25, 0.3) is 5.91 Å². The summed E-state index contributed by atoms with van der Waals surface area (Å²) in [5.41, 5.74) is 2.39. The van der Waals surface area contributed by atoms with Crippen LogP contribution in [-0.2, 0) is 9.53 Å². The third-order valence-corrected chi connectivity index (χ3v) is 3.43. The van der Waals surface area contributed by atoms with Crippen LogP contribution in [-0.4, -0.2) is 43.2 Å². The lowest BCUT2D eigenvalue weighted by Crippen LogP contribution is -2.46. The fourth-order valence-electron chi connectivity index (χ4n) is 2.09. The second-order valence-electron chi connectivity index (χ2n) is 5.06. The molecule has 1 heterocycles. The first-order valence-electron chi connectivity index (χ1n) is 6.65. The average Bonchev–Trinajstić information content (AvgIpc) is 2.40. The molecule has 1 atom stereocenters. The van der Waals surface area contributed by atoms with Crippen LogP contribution in [0.25, 0.3) is 0 Å². The zero-order chi connectivity index (χ0) is 13.8. The summed E-state index contributed by atoms with van der Waals surface area (Å²) in [5.74, 6) is 0.770. The van der Waals surface area contributed by atoms with Crippen molar-refractivity contribution in [3.8, 4) is 5.75 Å². The maximum Gasteiger partial charge on any atom is 0.260 e. The number of benzene rings is 1. The molecule has 0 radical (unpaired) electrons. The number of morpholine rings is 1. The van der Waals surface area contributed by atoms with E-state index < -0.39 is 0 Å². The van der Waals surface area contributed by atoms with Crippen molar-refractivity contribution >= 4 is 5.91 Å². The minimum Gasteiger partial charge on any atom is -0.484 e. The van der Waals surface area contributed by atoms with Crippen molar-refractivity contribution in [1.29, 1.82) is 0 Å². The van der Waals surface area contributed by atoms with E-state index in [4.69, 9.17) is 9.47 Å². The molecule has 0 aliphatic carbocycles. The molecule has 1 saturated heterocycles. The molecule has 1 aliphatic heterocycles. The van der Waals surface area contributed by atoms with E-state index in [1.54, 1.807) is 4.90 Å². The lowest BCUT2D eigenvalue weighted by atomic mass is 10.1. The van der Waals surface area contributed by atoms with E-state index in [0.29, 0.717) is 19.7 Å². The predicted molar refractivity (Wildman–Crippen MR) is 73.4 cm³/mol. The maximum atomic E-state index is 12.0. The number of aryl methyl sites for hydroxylation is 2. The molecule has 1 aliphatic rings. The molecule has 1 amide bonds. The molecule has 1 fully saturated rings. The van der Waals surface area contributed by atoms with Gasteiger partial charge in [-0.25, -0.2) is 0 Å². The minimum atomic E-state index is 0.0216. The van der Waals surface area contributed by atoms with Crippen LogP contribution in [0.3, 0.4) is 0 Å². The second kappa shape index (κ2) is 6.06. The first kappa shape index (κ1) is 13.9. The Labute approximate surface area is 114 Å². The summed E-state index contributed by atoms with van der Waals surface area (Å²) in [4.78, 5) is 13.8. The molecule has 0 saturated carbocycles. The highest BCUT2D eigenvalue weighted by Crippen LogP contribution is 2.16. The smallest absolute Gasteiger partial charge is 0.260 e. The van der Waals surface area contributed by atoms with Crippen LogP contribution in [0.4, 0.5) is 0 Å². The van der Waals surface area contributed by atoms with E-state index in [1.165, 1.54) is 11.1 Å². The van der Waals surface area contributed by atoms with Crippen LogP contribution in [0.15, 0.2) is 18.2 Å². The quantitative estimate of drug-likeness (QED) is 0.836. The number of carbonyl (C=O) groups is 1. The van der Waals surface area contributed by atoms with E-state index in [-0.39, 0.29) is 18.6 Å². The van der Waals surface area contributed by atoms with Gasteiger partial charge in [-0.1, -0.05) is 6.07 Å². The highest BCUT2D eigenvalue weighted by atomic mass is 16.5. The Balaban J connectivity index is 1.87. The first-order chi connectivity index (χ1) is 9.06. The van der Waals surface area contributed by atoms with Gasteiger partial charge in [-0.3, -0.25) is 4.79 Å². The molecule has 1 aromatic rings. The number of ether oxygens (including phenoxy) is 2. The van der Waals surface area contributed by atoms with Crippen molar-refractivity contribution in [2.75, 3.05) is 26.3 Å². The van der Waals surface area contributed by atoms with Gasteiger partial charge in [0.05, 0.1) is 12.7 Å². The number of hydrogen-bond acceptors (Lipinski definition) is 3. The number of nitrogens with zero attached hydrogens (tertiary/aromatic N) is 1. The van der Waals surface area contributed by atoms with Crippen molar-refractivity contribution in [2.24, 2.45) is 0 Å². The van der Waals surface area contributed by atoms with Crippen molar-refractivity contribution < 1.29 is 14.3 Å². The lowest BCUT2D eigenvalue weighted by Gasteiger charge is -2.31. The summed E-state index contributed by atoms with van der Waals surface area (Å²) in [6.07, 6.45) is 0.110. The second-order valence-corrected chi connectivity index (χ2v) is 5.06. The van der Waals surface area contributed by atoms with Gasteiger partial charge in [-0.05, 0) is 44.0 Å². The van der Waals surface area contributed by atoms with Gasteiger partial charge < -0.3 is 14.4 Å². The summed E-state index contributed by atoms with van der Waals surface area (Å²) in [6, 6.07) is 5.87. The topological polar surface area (TPSA) is 38.8 Å². The van der Waals surface area contributed by atoms with Gasteiger partial charge in [0, 0.05) is 13.1 Å². The normalized spacial score (nSPS) is 19.3. The molecular formula is C15H21NO3. The standard InChI is InChI=1S/C15H21NO3/c1-11-4-5-14(8-12(11)2)19-10-15(17)16-6-7-18-13(3)9-16/h4-5,8,13H,6-7,9-10H2,1-3H3. The fourth-order valence-corrected chi connectivity index (χ4v) is 2.09. The SMILES string of the molecule is Cc1ccc(OCC(=O)N2CCOC(C)C2)cc1C. The molecule has 0 bridgehead atoms. The largest absolute Gasteiger partial charge is 0.484 e. The Bertz CT molecular complexity index is 459. The highest BCUT2D eigenvalue weighted by molar-refractivity contribution is 5.77. The number of hydrogen-bond donors (Lipinski definition) is 0. The first-order valence-corrected chi connectivity index (χ1v) is 6.65. The fraction of sp³-hybridized carbons (Fsp3) is 0.533. The molecule has 1 unspecified atom stereocenters. The Morgan fingerprint density at radius 2 is 2.21 bits per heavy atom. The third-order valence-electron chi connectivity index (χ3n) is 3.43. The van der Waals surface area contributed by atoms with Crippen LogP contribution in [0, 0.1) is 13.8 Å². The molecule has 4 nitrogen and oxygen atoms in total. The van der Waals surface area contributed by atoms with Gasteiger partial charge >= 0.3 is 0 Å². The van der Waals surface area contributed by atoms with Gasteiger partial charge in [0.2, 0.25) is 0 Å². The molecule has 4 heteroatoms. The van der Waals surface area contributed by atoms with Crippen molar-refractivity contribution in [1.82, 2.24) is 4.90 Å². The summed E-state index contributed by atoms with van der Waals surface area (Å²) in [5, 5.41) is 0. The predicted octanol–water partition coefficient (Wildman–Crippen LogP) is 1.93. The minimum absolute atomic E-state index is 0.0216. The third kappa shape index (κ3) is 3.70. The summed E-state index contributed by atoms with van der Waals surface area (Å²) in [7, 11) is 0. The Morgan fingerprint density at radius 3 is 2.89 bits per heavy atom. The Hall–Kier alpha value is -1.55. The average molecular weight is 263 g/mol. The van der Waals surface area contributed by atoms with Crippen LogP contribution >= 0.6 is 0 Å². The van der Waals surface area contributed by atoms with E-state index in [9.17, 15) is 4.79 Å². The molecule has 104 valence electrons. The molecule has 0 N–H and O–H groups in total. The van der Waals surface area contributed by atoms with Gasteiger partial charge in [-0.15, -0.1) is 0 Å². The molecule has 0 aromatic heterocycles. The van der Waals surface area contributed by atoms with Crippen molar-refractivity contribution in [2.45, 2.75) is 26.9 Å². The molecule has 2 rings (SSSR count). The highest BCUT2D eigenvalue weighted by Gasteiger charge is 2.21. The molecule has 19 heavy (non-hydrogen) atoms. The van der Waals surface area contributed by atoms with Crippen molar-refractivity contribution in [3.63, 3.8) is 0 Å². The van der Waals surface area contributed by atoms with E-state index in [2.05, 4.69) is 6.92 Å².